The number of amides is 2. The van der Waals surface area contributed by atoms with Crippen LogP contribution in [0.5, 0.6) is 5.75 Å². The van der Waals surface area contributed by atoms with Crippen LogP contribution in [0.2, 0.25) is 0 Å². The fraction of sp³-hybridized carbons (Fsp3) is 0.588. The Morgan fingerprint density at radius 3 is 2.71 bits per heavy atom. The van der Waals surface area contributed by atoms with Gasteiger partial charge in [-0.05, 0) is 24.5 Å². The Morgan fingerprint density at radius 2 is 2.04 bits per heavy atom. The molecule has 1 aliphatic carbocycles. The van der Waals surface area contributed by atoms with E-state index in [4.69, 9.17) is 15.2 Å². The highest BCUT2D eigenvalue weighted by atomic mass is 16.5. The fourth-order valence-corrected chi connectivity index (χ4v) is 3.69. The predicted octanol–water partition coefficient (Wildman–Crippen LogP) is 0.184. The molecule has 1 saturated heterocycles. The number of aliphatic hydroxyl groups is 1. The number of primary amides is 1. The first kappa shape index (κ1) is 17.0. The smallest absolute Gasteiger partial charge is 0.312 e. The first-order valence-electron chi connectivity index (χ1n) is 8.40. The highest BCUT2D eigenvalue weighted by Crippen LogP contribution is 2.33. The van der Waals surface area contributed by atoms with Crippen molar-refractivity contribution in [2.24, 2.45) is 11.7 Å². The predicted molar refractivity (Wildman–Crippen MR) is 88.7 cm³/mol. The molecule has 2 amide bonds. The summed E-state index contributed by atoms with van der Waals surface area (Å²) >= 11 is 0. The van der Waals surface area contributed by atoms with Gasteiger partial charge < -0.3 is 25.6 Å². The van der Waals surface area contributed by atoms with Crippen molar-refractivity contribution in [1.82, 2.24) is 10.2 Å². The molecule has 1 aromatic carbocycles. The van der Waals surface area contributed by atoms with Crippen LogP contribution >= 0.6 is 0 Å². The highest BCUT2D eigenvalue weighted by Gasteiger charge is 2.46. The summed E-state index contributed by atoms with van der Waals surface area (Å²) in [6.07, 6.45) is -0.263. The lowest BCUT2D eigenvalue weighted by Crippen LogP contribution is -2.53. The summed E-state index contributed by atoms with van der Waals surface area (Å²) in [4.78, 5) is 13.3. The molecule has 1 heterocycles. The zero-order valence-electron chi connectivity index (χ0n) is 13.6. The van der Waals surface area contributed by atoms with Crippen LogP contribution in [0.25, 0.3) is 0 Å². The second-order valence-electron chi connectivity index (χ2n) is 6.34. The third-order valence-electron chi connectivity index (χ3n) is 4.79. The minimum absolute atomic E-state index is 0.0746. The maximum Gasteiger partial charge on any atom is 0.312 e. The molecule has 3 rings (SSSR count). The number of hydrogen-bond acceptors (Lipinski definition) is 5. The van der Waals surface area contributed by atoms with Gasteiger partial charge >= 0.3 is 6.03 Å². The average Bonchev–Trinajstić information content (AvgIpc) is 2.90. The molecule has 0 aromatic heterocycles. The maximum absolute atomic E-state index is 11.1. The summed E-state index contributed by atoms with van der Waals surface area (Å²) in [6.45, 7) is 3.29. The van der Waals surface area contributed by atoms with Gasteiger partial charge in [0.1, 0.15) is 18.0 Å². The number of ether oxygens (including phenoxy) is 2. The number of carbonyl (C=O) groups excluding carboxylic acids is 1. The Morgan fingerprint density at radius 1 is 1.33 bits per heavy atom. The largest absolute Gasteiger partial charge is 0.488 e. The van der Waals surface area contributed by atoms with E-state index in [2.05, 4.69) is 10.2 Å². The first-order chi connectivity index (χ1) is 11.6. The van der Waals surface area contributed by atoms with Crippen LogP contribution in [0.1, 0.15) is 6.42 Å². The van der Waals surface area contributed by atoms with Gasteiger partial charge in [0.25, 0.3) is 0 Å². The number of urea groups is 1. The summed E-state index contributed by atoms with van der Waals surface area (Å²) in [5.74, 6) is 0.824. The molecule has 2 fully saturated rings. The summed E-state index contributed by atoms with van der Waals surface area (Å²) < 4.78 is 11.4. The normalized spacial score (nSPS) is 30.9. The molecule has 2 aliphatic rings. The molecule has 7 heteroatoms. The number of nitrogens with two attached hydrogens (primary N) is 1. The topological polar surface area (TPSA) is 97.1 Å². The van der Waals surface area contributed by atoms with Crippen molar-refractivity contribution in [1.29, 1.82) is 0 Å². The minimum Gasteiger partial charge on any atom is -0.488 e. The van der Waals surface area contributed by atoms with E-state index in [0.29, 0.717) is 26.2 Å². The third kappa shape index (κ3) is 3.98. The van der Waals surface area contributed by atoms with Gasteiger partial charge in [0.2, 0.25) is 0 Å². The number of rotatable bonds is 5. The lowest BCUT2D eigenvalue weighted by atomic mass is 10.0. The van der Waals surface area contributed by atoms with Crippen LogP contribution in [0.4, 0.5) is 4.79 Å². The number of benzene rings is 1. The van der Waals surface area contributed by atoms with Gasteiger partial charge in [-0.3, -0.25) is 4.90 Å². The molecular formula is C17H25N3O4. The van der Waals surface area contributed by atoms with E-state index in [1.54, 1.807) is 0 Å². The van der Waals surface area contributed by atoms with Gasteiger partial charge in [0.15, 0.2) is 0 Å². The lowest BCUT2D eigenvalue weighted by Gasteiger charge is -2.37. The quantitative estimate of drug-likeness (QED) is 0.713. The summed E-state index contributed by atoms with van der Waals surface area (Å²) in [5.41, 5.74) is 5.21. The zero-order chi connectivity index (χ0) is 16.9. The van der Waals surface area contributed by atoms with E-state index < -0.39 is 12.1 Å². The van der Waals surface area contributed by atoms with Gasteiger partial charge in [-0.25, -0.2) is 4.79 Å². The van der Waals surface area contributed by atoms with Crippen molar-refractivity contribution in [3.63, 3.8) is 0 Å². The van der Waals surface area contributed by atoms with E-state index in [-0.39, 0.29) is 18.1 Å². The number of nitrogens with zero attached hydrogens (tertiary/aromatic N) is 1. The summed E-state index contributed by atoms with van der Waals surface area (Å²) in [7, 11) is 0. The van der Waals surface area contributed by atoms with Crippen LogP contribution in [0, 0.1) is 5.92 Å². The van der Waals surface area contributed by atoms with Crippen molar-refractivity contribution >= 4 is 6.03 Å². The summed E-state index contributed by atoms with van der Waals surface area (Å²) in [6, 6.07) is 8.88. The van der Waals surface area contributed by atoms with Crippen molar-refractivity contribution in [2.75, 3.05) is 32.8 Å². The molecule has 0 unspecified atom stereocenters. The fourth-order valence-electron chi connectivity index (χ4n) is 3.69. The van der Waals surface area contributed by atoms with E-state index >= 15 is 0 Å². The van der Waals surface area contributed by atoms with Crippen molar-refractivity contribution in [3.8, 4) is 5.75 Å². The second kappa shape index (κ2) is 7.83. The molecule has 1 saturated carbocycles. The van der Waals surface area contributed by atoms with Crippen LogP contribution in [0.15, 0.2) is 30.3 Å². The van der Waals surface area contributed by atoms with E-state index in [1.807, 2.05) is 30.3 Å². The Balaban J connectivity index is 1.71. The number of aliphatic hydroxyl groups excluding tert-OH is 1. The van der Waals surface area contributed by atoms with E-state index in [9.17, 15) is 9.90 Å². The maximum atomic E-state index is 11.1. The van der Waals surface area contributed by atoms with Gasteiger partial charge in [-0.15, -0.1) is 0 Å². The number of para-hydroxylation sites is 1. The van der Waals surface area contributed by atoms with Crippen molar-refractivity contribution in [3.05, 3.63) is 30.3 Å². The number of morpholine rings is 1. The van der Waals surface area contributed by atoms with Crippen molar-refractivity contribution < 1.29 is 19.4 Å². The molecule has 0 radical (unpaired) electrons. The number of nitrogens with one attached hydrogen (secondary N) is 1. The van der Waals surface area contributed by atoms with Crippen LogP contribution in [0.3, 0.4) is 0 Å². The number of hydrogen-bond donors (Lipinski definition) is 3. The average molecular weight is 335 g/mol. The third-order valence-corrected chi connectivity index (χ3v) is 4.79. The van der Waals surface area contributed by atoms with Crippen LogP contribution in [-0.4, -0.2) is 67.1 Å². The second-order valence-corrected chi connectivity index (χ2v) is 6.34. The molecule has 1 aliphatic heterocycles. The van der Waals surface area contributed by atoms with Gasteiger partial charge in [0.05, 0.1) is 13.2 Å². The van der Waals surface area contributed by atoms with Crippen LogP contribution < -0.4 is 15.8 Å². The van der Waals surface area contributed by atoms with E-state index in [0.717, 1.165) is 18.8 Å². The Kier molecular flexibility index (Phi) is 5.55. The van der Waals surface area contributed by atoms with Gasteiger partial charge in [-0.2, -0.15) is 0 Å². The molecule has 0 spiro atoms. The highest BCUT2D eigenvalue weighted by molar-refractivity contribution is 5.71. The molecule has 132 valence electrons. The van der Waals surface area contributed by atoms with Gasteiger partial charge in [-0.1, -0.05) is 18.2 Å². The summed E-state index contributed by atoms with van der Waals surface area (Å²) in [5, 5.41) is 13.5. The molecule has 4 atom stereocenters. The SMILES string of the molecule is NC(=O)NC[C@@H]1C[C@@H](Oc2ccccc2)[C@H](O)[C@H]1N1CCOCC1. The van der Waals surface area contributed by atoms with E-state index in [1.165, 1.54) is 0 Å². The Labute approximate surface area is 141 Å². The molecule has 4 N–H and O–H groups in total. The molecule has 0 bridgehead atoms. The Hall–Kier alpha value is -1.83. The van der Waals surface area contributed by atoms with Crippen LogP contribution in [-0.2, 0) is 4.74 Å². The monoisotopic (exact) mass is 335 g/mol. The molecule has 7 nitrogen and oxygen atoms in total. The molecule has 1 aromatic rings. The molecular weight excluding hydrogens is 310 g/mol. The lowest BCUT2D eigenvalue weighted by molar-refractivity contribution is -0.0385. The van der Waals surface area contributed by atoms with Crippen molar-refractivity contribution in [2.45, 2.75) is 24.7 Å². The standard InChI is InChI=1S/C17H25N3O4/c18-17(22)19-11-12-10-14(24-13-4-2-1-3-5-13)16(21)15(12)20-6-8-23-9-7-20/h1-5,12,14-16,21H,6-11H2,(H3,18,19,22)/t12-,14+,15-,16-/m0/s1. The Bertz CT molecular complexity index is 536. The number of carbonyl (C=O) groups is 1. The zero-order valence-corrected chi connectivity index (χ0v) is 13.6. The minimum atomic E-state index is -0.622. The molecule has 24 heavy (non-hydrogen) atoms. The van der Waals surface area contributed by atoms with Gasteiger partial charge in [0, 0.05) is 25.7 Å². The first-order valence-corrected chi connectivity index (χ1v) is 8.40.